The number of aryl methyl sites for hydroxylation is 1. The molecule has 2 N–H and O–H groups in total. The Morgan fingerprint density at radius 2 is 1.89 bits per heavy atom. The Morgan fingerprint density at radius 1 is 1.21 bits per heavy atom. The van der Waals surface area contributed by atoms with Gasteiger partial charge in [0.25, 0.3) is 11.8 Å². The molecule has 0 aliphatic rings. The van der Waals surface area contributed by atoms with Gasteiger partial charge in [0.2, 0.25) is 0 Å². The number of thiazole rings is 1. The fourth-order valence-electron chi connectivity index (χ4n) is 1.40. The van der Waals surface area contributed by atoms with Crippen molar-refractivity contribution in [3.63, 3.8) is 0 Å². The van der Waals surface area contributed by atoms with Crippen LogP contribution in [0.5, 0.6) is 0 Å². The number of nitrogens with one attached hydrogen (secondary N) is 2. The molecule has 100 valence electrons. The number of hydrogen-bond acceptors (Lipinski definition) is 5. The lowest BCUT2D eigenvalue weighted by atomic mass is 10.4. The van der Waals surface area contributed by atoms with Crippen molar-refractivity contribution < 1.29 is 9.59 Å². The van der Waals surface area contributed by atoms with Crippen LogP contribution in [0.3, 0.4) is 0 Å². The lowest BCUT2D eigenvalue weighted by Gasteiger charge is -2.04. The maximum atomic E-state index is 11.7. The molecule has 0 radical (unpaired) electrons. The Hall–Kier alpha value is -1.73. The van der Waals surface area contributed by atoms with Gasteiger partial charge in [0.05, 0.1) is 16.1 Å². The van der Waals surface area contributed by atoms with Crippen molar-refractivity contribution in [1.82, 2.24) is 15.6 Å². The number of rotatable bonds is 5. The van der Waals surface area contributed by atoms with Crippen LogP contribution >= 0.6 is 22.7 Å². The van der Waals surface area contributed by atoms with E-state index in [0.29, 0.717) is 22.8 Å². The minimum absolute atomic E-state index is 0.113. The van der Waals surface area contributed by atoms with Crippen molar-refractivity contribution in [2.75, 3.05) is 13.1 Å². The van der Waals surface area contributed by atoms with E-state index in [9.17, 15) is 9.59 Å². The van der Waals surface area contributed by atoms with E-state index in [1.54, 1.807) is 12.3 Å². The van der Waals surface area contributed by atoms with Crippen molar-refractivity contribution in [3.05, 3.63) is 38.5 Å². The minimum atomic E-state index is -0.157. The molecule has 0 bridgehead atoms. The van der Waals surface area contributed by atoms with E-state index in [0.717, 1.165) is 5.01 Å². The van der Waals surface area contributed by atoms with Crippen LogP contribution in [0.4, 0.5) is 0 Å². The van der Waals surface area contributed by atoms with Crippen LogP contribution in [0.2, 0.25) is 0 Å². The summed E-state index contributed by atoms with van der Waals surface area (Å²) in [6.07, 6.45) is 1.56. The number of aromatic nitrogens is 1. The summed E-state index contributed by atoms with van der Waals surface area (Å²) in [5.74, 6) is -0.270. The molecule has 2 aromatic rings. The lowest BCUT2D eigenvalue weighted by molar-refractivity contribution is 0.0931. The largest absolute Gasteiger partial charge is 0.350 e. The number of nitrogens with zero attached hydrogens (tertiary/aromatic N) is 1. The Bertz CT molecular complexity index is 563. The highest BCUT2D eigenvalue weighted by Crippen LogP contribution is 2.10. The van der Waals surface area contributed by atoms with Crippen molar-refractivity contribution in [1.29, 1.82) is 0 Å². The van der Waals surface area contributed by atoms with Crippen LogP contribution in [0.25, 0.3) is 0 Å². The second-order valence-electron chi connectivity index (χ2n) is 3.73. The molecule has 2 amide bonds. The number of thiophene rings is 1. The first-order chi connectivity index (χ1) is 9.16. The van der Waals surface area contributed by atoms with Crippen LogP contribution < -0.4 is 10.6 Å². The predicted molar refractivity (Wildman–Crippen MR) is 75.8 cm³/mol. The molecule has 0 fully saturated rings. The summed E-state index contributed by atoms with van der Waals surface area (Å²) in [6.45, 7) is 2.65. The zero-order valence-electron chi connectivity index (χ0n) is 10.3. The first-order valence-electron chi connectivity index (χ1n) is 5.69. The van der Waals surface area contributed by atoms with Crippen molar-refractivity contribution in [2.45, 2.75) is 6.92 Å². The Labute approximate surface area is 118 Å². The third-order valence-electron chi connectivity index (χ3n) is 2.29. The van der Waals surface area contributed by atoms with Crippen LogP contribution in [0.1, 0.15) is 24.4 Å². The van der Waals surface area contributed by atoms with E-state index in [2.05, 4.69) is 15.6 Å². The number of hydrogen-bond donors (Lipinski definition) is 2. The fraction of sp³-hybridized carbons (Fsp3) is 0.250. The number of carbonyl (C=O) groups excluding carboxylic acids is 2. The molecule has 0 aliphatic heterocycles. The van der Waals surface area contributed by atoms with Gasteiger partial charge in [-0.05, 0) is 18.4 Å². The smallest absolute Gasteiger partial charge is 0.263 e. The molecule has 19 heavy (non-hydrogen) atoms. The molecule has 2 aromatic heterocycles. The van der Waals surface area contributed by atoms with E-state index in [-0.39, 0.29) is 11.8 Å². The van der Waals surface area contributed by atoms with Gasteiger partial charge in [-0.1, -0.05) is 6.07 Å². The van der Waals surface area contributed by atoms with E-state index >= 15 is 0 Å². The van der Waals surface area contributed by atoms with Gasteiger partial charge in [-0.2, -0.15) is 0 Å². The molecular formula is C12H13N3O2S2. The van der Waals surface area contributed by atoms with Gasteiger partial charge in [0.1, 0.15) is 4.88 Å². The second kappa shape index (κ2) is 6.44. The summed E-state index contributed by atoms with van der Waals surface area (Å²) >= 11 is 2.74. The number of amides is 2. The topological polar surface area (TPSA) is 71.1 Å². The highest BCUT2D eigenvalue weighted by molar-refractivity contribution is 7.13. The van der Waals surface area contributed by atoms with Gasteiger partial charge in [0.15, 0.2) is 0 Å². The maximum Gasteiger partial charge on any atom is 0.263 e. The van der Waals surface area contributed by atoms with Crippen LogP contribution in [0, 0.1) is 6.92 Å². The van der Waals surface area contributed by atoms with Gasteiger partial charge >= 0.3 is 0 Å². The highest BCUT2D eigenvalue weighted by atomic mass is 32.1. The number of carbonyl (C=O) groups is 2. The third kappa shape index (κ3) is 3.87. The molecule has 0 spiro atoms. The molecule has 0 saturated heterocycles. The molecule has 0 unspecified atom stereocenters. The summed E-state index contributed by atoms with van der Waals surface area (Å²) in [5.41, 5.74) is 0. The van der Waals surface area contributed by atoms with Gasteiger partial charge in [0, 0.05) is 13.1 Å². The molecule has 0 aromatic carbocycles. The Kier molecular flexibility index (Phi) is 4.64. The monoisotopic (exact) mass is 295 g/mol. The second-order valence-corrected chi connectivity index (χ2v) is 5.92. The van der Waals surface area contributed by atoms with Crippen molar-refractivity contribution in [3.8, 4) is 0 Å². The summed E-state index contributed by atoms with van der Waals surface area (Å²) in [5, 5.41) is 8.18. The summed E-state index contributed by atoms with van der Waals surface area (Å²) in [4.78, 5) is 28.6. The standard InChI is InChI=1S/C12H13N3O2S2/c1-8-15-7-10(19-8)12(17)14-5-4-13-11(16)9-3-2-6-18-9/h2-3,6-7H,4-5H2,1H3,(H,13,16)(H,14,17). The van der Waals surface area contributed by atoms with Crippen LogP contribution in [-0.4, -0.2) is 29.9 Å². The summed E-state index contributed by atoms with van der Waals surface area (Å²) < 4.78 is 0. The highest BCUT2D eigenvalue weighted by Gasteiger charge is 2.09. The zero-order valence-corrected chi connectivity index (χ0v) is 11.9. The summed E-state index contributed by atoms with van der Waals surface area (Å²) in [6, 6.07) is 3.59. The third-order valence-corrected chi connectivity index (χ3v) is 4.07. The molecule has 2 rings (SSSR count). The van der Waals surface area contributed by atoms with Crippen molar-refractivity contribution >= 4 is 34.5 Å². The average molecular weight is 295 g/mol. The molecule has 0 aliphatic carbocycles. The van der Waals surface area contributed by atoms with Gasteiger partial charge < -0.3 is 10.6 Å². The molecule has 0 saturated carbocycles. The lowest BCUT2D eigenvalue weighted by Crippen LogP contribution is -2.34. The van der Waals surface area contributed by atoms with Gasteiger partial charge in [-0.3, -0.25) is 9.59 Å². The average Bonchev–Trinajstić information content (AvgIpc) is 3.04. The van der Waals surface area contributed by atoms with Crippen LogP contribution in [0.15, 0.2) is 23.7 Å². The zero-order chi connectivity index (χ0) is 13.7. The molecule has 2 heterocycles. The fourth-order valence-corrected chi connectivity index (χ4v) is 2.73. The minimum Gasteiger partial charge on any atom is -0.350 e. The van der Waals surface area contributed by atoms with Crippen molar-refractivity contribution in [2.24, 2.45) is 0 Å². The van der Waals surface area contributed by atoms with Gasteiger partial charge in [-0.15, -0.1) is 22.7 Å². The SMILES string of the molecule is Cc1ncc(C(=O)NCCNC(=O)c2cccs2)s1. The first kappa shape index (κ1) is 13.7. The predicted octanol–water partition coefficient (Wildman–Crippen LogP) is 1.67. The van der Waals surface area contributed by atoms with E-state index in [1.807, 2.05) is 18.4 Å². The van der Waals surface area contributed by atoms with Crippen LogP contribution in [-0.2, 0) is 0 Å². The molecular weight excluding hydrogens is 282 g/mol. The maximum absolute atomic E-state index is 11.7. The normalized spacial score (nSPS) is 10.2. The molecule has 0 atom stereocenters. The molecule has 5 nitrogen and oxygen atoms in total. The quantitative estimate of drug-likeness (QED) is 0.824. The Morgan fingerprint density at radius 3 is 2.42 bits per heavy atom. The molecule has 7 heteroatoms. The summed E-state index contributed by atoms with van der Waals surface area (Å²) in [7, 11) is 0. The van der Waals surface area contributed by atoms with Gasteiger partial charge in [-0.25, -0.2) is 4.98 Å². The van der Waals surface area contributed by atoms with E-state index in [1.165, 1.54) is 22.7 Å². The Balaban J connectivity index is 1.70. The first-order valence-corrected chi connectivity index (χ1v) is 7.39. The van der Waals surface area contributed by atoms with E-state index < -0.39 is 0 Å². The van der Waals surface area contributed by atoms with E-state index in [4.69, 9.17) is 0 Å².